The molecular weight excluding hydrogens is 331 g/mol. The fourth-order valence-electron chi connectivity index (χ4n) is 1.48. The average Bonchev–Trinajstić information content (AvgIpc) is 2.60. The van der Waals surface area contributed by atoms with Crippen molar-refractivity contribution in [2.24, 2.45) is 10.1 Å². The fourth-order valence-corrected chi connectivity index (χ4v) is 7.92. The topological polar surface area (TPSA) is 43.2 Å². The van der Waals surface area contributed by atoms with Crippen molar-refractivity contribution in [3.05, 3.63) is 0 Å². The first kappa shape index (κ1) is 18.5. The van der Waals surface area contributed by atoms with Gasteiger partial charge in [0.25, 0.3) is 0 Å². The van der Waals surface area contributed by atoms with Crippen molar-refractivity contribution in [1.29, 1.82) is 0 Å². The Labute approximate surface area is 135 Å². The van der Waals surface area contributed by atoms with Gasteiger partial charge in [-0.25, -0.2) is 0 Å². The predicted octanol–water partition coefficient (Wildman–Crippen LogP) is 5.05. The molecule has 0 radical (unpaired) electrons. The molecule has 4 nitrogen and oxygen atoms in total. The summed E-state index contributed by atoms with van der Waals surface area (Å²) in [5.41, 5.74) is -1.52. The smallest absolute Gasteiger partial charge is 0.322 e. The molecular formula is C12H23N2O2PS3. The zero-order valence-corrected chi connectivity index (χ0v) is 16.2. The van der Waals surface area contributed by atoms with Crippen LogP contribution in [0.25, 0.3) is 0 Å². The Morgan fingerprint density at radius 1 is 1.50 bits per heavy atom. The second kappa shape index (κ2) is 7.63. The lowest BCUT2D eigenvalue weighted by Crippen LogP contribution is -2.06. The number of rotatable bonds is 7. The standard InChI is InChI=1S/C12H23N2O2PS3/c1-7-9(3)20-17(18,15-8-2)16-14-11-10(4)13-12(5,6)19-11/h9H,7-8H2,1-6H3. The van der Waals surface area contributed by atoms with E-state index in [1.54, 1.807) is 23.1 Å². The van der Waals surface area contributed by atoms with Crippen molar-refractivity contribution in [2.45, 2.75) is 58.1 Å². The Balaban J connectivity index is 2.78. The zero-order valence-electron chi connectivity index (χ0n) is 12.9. The summed E-state index contributed by atoms with van der Waals surface area (Å²) in [4.78, 5) is 4.35. The maximum atomic E-state index is 5.66. The number of thioether (sulfide) groups is 1. The third-order valence-electron chi connectivity index (χ3n) is 2.49. The van der Waals surface area contributed by atoms with Crippen molar-refractivity contribution in [3.8, 4) is 0 Å². The number of nitrogens with zero attached hydrogens (tertiary/aromatic N) is 2. The Hall–Kier alpha value is 0.450. The average molecular weight is 355 g/mol. The molecule has 20 heavy (non-hydrogen) atoms. The number of hydrogen-bond acceptors (Lipinski definition) is 7. The lowest BCUT2D eigenvalue weighted by Gasteiger charge is -2.20. The summed E-state index contributed by atoms with van der Waals surface area (Å²) in [7, 11) is 0. The minimum Gasteiger partial charge on any atom is -0.328 e. The first-order valence-electron chi connectivity index (χ1n) is 6.67. The van der Waals surface area contributed by atoms with Crippen molar-refractivity contribution >= 4 is 51.4 Å². The summed E-state index contributed by atoms with van der Waals surface area (Å²) in [6, 6.07) is 0. The highest BCUT2D eigenvalue weighted by Crippen LogP contribution is 2.63. The molecule has 0 fully saturated rings. The molecule has 2 atom stereocenters. The van der Waals surface area contributed by atoms with Crippen LogP contribution in [-0.4, -0.2) is 27.5 Å². The fraction of sp³-hybridized carbons (Fsp3) is 0.833. The van der Waals surface area contributed by atoms with E-state index in [0.717, 1.165) is 17.2 Å². The van der Waals surface area contributed by atoms with Gasteiger partial charge in [0.1, 0.15) is 4.87 Å². The minimum absolute atomic E-state index is 0.176. The molecule has 8 heteroatoms. The molecule has 0 spiro atoms. The molecule has 0 saturated carbocycles. The van der Waals surface area contributed by atoms with E-state index in [1.807, 2.05) is 13.8 Å². The van der Waals surface area contributed by atoms with Crippen LogP contribution in [0.3, 0.4) is 0 Å². The third-order valence-corrected chi connectivity index (χ3v) is 9.11. The van der Waals surface area contributed by atoms with Gasteiger partial charge >= 0.3 is 5.69 Å². The van der Waals surface area contributed by atoms with E-state index >= 15 is 0 Å². The van der Waals surface area contributed by atoms with Gasteiger partial charge in [0.2, 0.25) is 0 Å². The monoisotopic (exact) mass is 354 g/mol. The van der Waals surface area contributed by atoms with Crippen LogP contribution in [0.1, 0.15) is 48.0 Å². The van der Waals surface area contributed by atoms with Crippen LogP contribution in [0.15, 0.2) is 10.1 Å². The van der Waals surface area contributed by atoms with Crippen molar-refractivity contribution < 1.29 is 9.15 Å². The minimum atomic E-state index is -2.42. The molecule has 0 aromatic heterocycles. The first-order valence-corrected chi connectivity index (χ1v) is 11.6. The third kappa shape index (κ3) is 5.68. The predicted molar refractivity (Wildman–Crippen MR) is 96.6 cm³/mol. The van der Waals surface area contributed by atoms with Crippen molar-refractivity contribution in [3.63, 3.8) is 0 Å². The second-order valence-corrected chi connectivity index (χ2v) is 13.0. The first-order chi connectivity index (χ1) is 9.21. The molecule has 0 saturated heterocycles. The quantitative estimate of drug-likeness (QED) is 0.472. The number of aliphatic imine (C=N–C) groups is 1. The highest BCUT2D eigenvalue weighted by atomic mass is 32.9. The molecule has 0 aliphatic carbocycles. The van der Waals surface area contributed by atoms with Gasteiger partial charge < -0.3 is 9.15 Å². The van der Waals surface area contributed by atoms with Gasteiger partial charge in [-0.3, -0.25) is 4.99 Å². The maximum Gasteiger partial charge on any atom is 0.322 e. The molecule has 0 aromatic carbocycles. The van der Waals surface area contributed by atoms with Gasteiger partial charge in [-0.05, 0) is 45.9 Å². The number of hydrogen-bond donors (Lipinski definition) is 0. The molecule has 0 aromatic rings. The lowest BCUT2D eigenvalue weighted by molar-refractivity contribution is 0.281. The second-order valence-electron chi connectivity index (χ2n) is 4.91. The Morgan fingerprint density at radius 2 is 2.15 bits per heavy atom. The molecule has 1 rings (SSSR count). The lowest BCUT2D eigenvalue weighted by atomic mass is 10.4. The van der Waals surface area contributed by atoms with Crippen LogP contribution in [0, 0.1) is 0 Å². The molecule has 1 heterocycles. The van der Waals surface area contributed by atoms with Gasteiger partial charge in [0.05, 0.1) is 12.3 Å². The van der Waals surface area contributed by atoms with Gasteiger partial charge in [-0.1, -0.05) is 42.1 Å². The molecule has 0 N–H and O–H groups in total. The van der Waals surface area contributed by atoms with Crippen LogP contribution in [0.2, 0.25) is 0 Å². The summed E-state index contributed by atoms with van der Waals surface area (Å²) in [6.45, 7) is 12.8. The zero-order chi connectivity index (χ0) is 15.4. The summed E-state index contributed by atoms with van der Waals surface area (Å²) < 4.78 is 11.3. The SMILES string of the molecule is CCOP(=S)(ON=C1SC(C)(C)N=C1C)SC(C)CC. The summed E-state index contributed by atoms with van der Waals surface area (Å²) >= 11 is 8.72. The largest absolute Gasteiger partial charge is 0.328 e. The maximum absolute atomic E-state index is 5.66. The van der Waals surface area contributed by atoms with E-state index in [2.05, 4.69) is 37.8 Å². The molecule has 2 unspecified atom stereocenters. The Kier molecular flexibility index (Phi) is 7.06. The molecule has 1 aliphatic heterocycles. The Morgan fingerprint density at radius 3 is 2.60 bits per heavy atom. The molecule has 0 bridgehead atoms. The van der Waals surface area contributed by atoms with Crippen LogP contribution < -0.4 is 0 Å². The van der Waals surface area contributed by atoms with E-state index in [-0.39, 0.29) is 4.87 Å². The van der Waals surface area contributed by atoms with Crippen molar-refractivity contribution in [1.82, 2.24) is 0 Å². The van der Waals surface area contributed by atoms with Crippen LogP contribution in [-0.2, 0) is 21.0 Å². The summed E-state index contributed by atoms with van der Waals surface area (Å²) in [5, 5.41) is 5.42. The van der Waals surface area contributed by atoms with Crippen molar-refractivity contribution in [2.75, 3.05) is 6.61 Å². The van der Waals surface area contributed by atoms with Crippen LogP contribution in [0.5, 0.6) is 0 Å². The highest BCUT2D eigenvalue weighted by Gasteiger charge is 2.31. The molecule has 116 valence electrons. The van der Waals surface area contributed by atoms with Gasteiger partial charge in [-0.15, -0.1) is 0 Å². The normalized spacial score (nSPS) is 24.3. The van der Waals surface area contributed by atoms with Gasteiger partial charge in [-0.2, -0.15) is 0 Å². The van der Waals surface area contributed by atoms with Gasteiger partial charge in [0.15, 0.2) is 5.04 Å². The Bertz CT molecular complexity index is 452. The molecule has 1 aliphatic rings. The van der Waals surface area contributed by atoms with E-state index in [1.165, 1.54) is 0 Å². The van der Waals surface area contributed by atoms with E-state index < -0.39 is 5.69 Å². The highest BCUT2D eigenvalue weighted by molar-refractivity contribution is 8.68. The van der Waals surface area contributed by atoms with Crippen LogP contribution >= 0.6 is 28.8 Å². The summed E-state index contributed by atoms with van der Waals surface area (Å²) in [6.07, 6.45) is 1.03. The van der Waals surface area contributed by atoms with Crippen LogP contribution in [0.4, 0.5) is 0 Å². The summed E-state index contributed by atoms with van der Waals surface area (Å²) in [5.74, 6) is 0. The van der Waals surface area contributed by atoms with Gasteiger partial charge in [0, 0.05) is 5.25 Å². The van der Waals surface area contributed by atoms with E-state index in [4.69, 9.17) is 21.0 Å². The number of oxime groups is 1. The van der Waals surface area contributed by atoms with E-state index in [9.17, 15) is 0 Å². The van der Waals surface area contributed by atoms with E-state index in [0.29, 0.717) is 11.9 Å². The molecule has 0 amide bonds.